The summed E-state index contributed by atoms with van der Waals surface area (Å²) in [5.41, 5.74) is 0.292. The summed E-state index contributed by atoms with van der Waals surface area (Å²) in [6, 6.07) is 5.86. The molecule has 2 aromatic rings. The maximum Gasteiger partial charge on any atom is 0.315 e. The summed E-state index contributed by atoms with van der Waals surface area (Å²) < 4.78 is 31.4. The Morgan fingerprint density at radius 2 is 1.89 bits per heavy atom. The zero-order valence-electron chi connectivity index (χ0n) is 14.8. The average Bonchev–Trinajstić information content (AvgIpc) is 3.17. The minimum absolute atomic E-state index is 0.126. The van der Waals surface area contributed by atoms with Gasteiger partial charge in [0.2, 0.25) is 5.91 Å². The SMILES string of the molecule is O=C(O)CCN(Cc1ccc(F)c(F)c1)C(=O)CNC(=O)NCc1ccco1. The van der Waals surface area contributed by atoms with E-state index in [0.717, 1.165) is 17.0 Å². The molecule has 0 atom stereocenters. The standard InChI is InChI=1S/C18H19F2N3O5/c19-14-4-3-12(8-15(14)20)11-23(6-5-17(25)26)16(24)10-22-18(27)21-9-13-2-1-7-28-13/h1-4,7-8H,5-6,9-11H2,(H,25,26)(H2,21,22,27). The summed E-state index contributed by atoms with van der Waals surface area (Å²) in [7, 11) is 0. The zero-order chi connectivity index (χ0) is 20.5. The lowest BCUT2D eigenvalue weighted by atomic mass is 10.2. The van der Waals surface area contributed by atoms with Crippen molar-refractivity contribution in [2.75, 3.05) is 13.1 Å². The van der Waals surface area contributed by atoms with Gasteiger partial charge >= 0.3 is 12.0 Å². The lowest BCUT2D eigenvalue weighted by Gasteiger charge is -2.22. The molecule has 2 rings (SSSR count). The highest BCUT2D eigenvalue weighted by Gasteiger charge is 2.17. The molecule has 0 aliphatic rings. The van der Waals surface area contributed by atoms with Crippen molar-refractivity contribution in [2.45, 2.75) is 19.5 Å². The molecule has 0 radical (unpaired) electrons. The van der Waals surface area contributed by atoms with Crippen molar-refractivity contribution in [1.82, 2.24) is 15.5 Å². The molecule has 1 aromatic heterocycles. The molecule has 0 saturated heterocycles. The van der Waals surface area contributed by atoms with E-state index in [-0.39, 0.29) is 26.1 Å². The van der Waals surface area contributed by atoms with Crippen LogP contribution in [0.2, 0.25) is 0 Å². The topological polar surface area (TPSA) is 112 Å². The van der Waals surface area contributed by atoms with Gasteiger partial charge in [-0.3, -0.25) is 9.59 Å². The Bertz CT molecular complexity index is 827. The molecule has 10 heteroatoms. The molecule has 28 heavy (non-hydrogen) atoms. The van der Waals surface area contributed by atoms with Crippen molar-refractivity contribution < 1.29 is 32.7 Å². The van der Waals surface area contributed by atoms with Gasteiger partial charge in [0.25, 0.3) is 0 Å². The molecule has 1 heterocycles. The Hall–Kier alpha value is -3.43. The molecule has 1 aromatic carbocycles. The number of carbonyl (C=O) groups excluding carboxylic acids is 2. The number of carboxylic acids is 1. The number of hydrogen-bond donors (Lipinski definition) is 3. The van der Waals surface area contributed by atoms with E-state index in [1.165, 1.54) is 12.3 Å². The Balaban J connectivity index is 1.91. The number of urea groups is 1. The summed E-state index contributed by atoms with van der Waals surface area (Å²) in [5.74, 6) is -3.25. The predicted octanol–water partition coefficient (Wildman–Crippen LogP) is 1.86. The Kier molecular flexibility index (Phi) is 7.49. The molecule has 8 nitrogen and oxygen atoms in total. The normalized spacial score (nSPS) is 10.4. The first-order valence-corrected chi connectivity index (χ1v) is 8.32. The van der Waals surface area contributed by atoms with E-state index in [9.17, 15) is 23.2 Å². The molecule has 0 spiro atoms. The monoisotopic (exact) mass is 395 g/mol. The molecule has 0 aliphatic heterocycles. The number of carboxylic acid groups (broad SMARTS) is 1. The number of nitrogens with one attached hydrogen (secondary N) is 2. The quantitative estimate of drug-likeness (QED) is 0.600. The van der Waals surface area contributed by atoms with Gasteiger partial charge in [-0.25, -0.2) is 13.6 Å². The Morgan fingerprint density at radius 3 is 2.54 bits per heavy atom. The largest absolute Gasteiger partial charge is 0.481 e. The van der Waals surface area contributed by atoms with Crippen molar-refractivity contribution in [3.63, 3.8) is 0 Å². The molecule has 0 bridgehead atoms. The number of hydrogen-bond acceptors (Lipinski definition) is 4. The Morgan fingerprint density at radius 1 is 1.11 bits per heavy atom. The van der Waals surface area contributed by atoms with Crippen LogP contribution in [0.4, 0.5) is 13.6 Å². The fraction of sp³-hybridized carbons (Fsp3) is 0.278. The summed E-state index contributed by atoms with van der Waals surface area (Å²) in [6.45, 7) is -0.542. The van der Waals surface area contributed by atoms with E-state index in [1.807, 2.05) is 0 Å². The first kappa shape index (κ1) is 20.9. The number of carbonyl (C=O) groups is 3. The number of amides is 3. The van der Waals surface area contributed by atoms with Crippen molar-refractivity contribution in [3.8, 4) is 0 Å². The van der Waals surface area contributed by atoms with Gasteiger partial charge in [0.15, 0.2) is 11.6 Å². The highest BCUT2D eigenvalue weighted by atomic mass is 19.2. The molecule has 0 aliphatic carbocycles. The van der Waals surface area contributed by atoms with E-state index in [2.05, 4.69) is 10.6 Å². The predicted molar refractivity (Wildman–Crippen MR) is 93.0 cm³/mol. The molecule has 150 valence electrons. The van der Waals surface area contributed by atoms with Gasteiger partial charge in [-0.1, -0.05) is 6.07 Å². The zero-order valence-corrected chi connectivity index (χ0v) is 14.8. The summed E-state index contributed by atoms with van der Waals surface area (Å²) in [4.78, 5) is 36.1. The molecule has 0 unspecified atom stereocenters. The smallest absolute Gasteiger partial charge is 0.315 e. The number of nitrogens with zero attached hydrogens (tertiary/aromatic N) is 1. The molecule has 0 fully saturated rings. The third kappa shape index (κ3) is 6.71. The second-order valence-electron chi connectivity index (χ2n) is 5.82. The lowest BCUT2D eigenvalue weighted by Crippen LogP contribution is -2.43. The molecule has 3 N–H and O–H groups in total. The van der Waals surface area contributed by atoms with Gasteiger partial charge < -0.3 is 25.1 Å². The first-order chi connectivity index (χ1) is 13.3. The van der Waals surface area contributed by atoms with Crippen LogP contribution in [0.5, 0.6) is 0 Å². The number of rotatable bonds is 9. The van der Waals surface area contributed by atoms with Gasteiger partial charge in [-0.15, -0.1) is 0 Å². The molecular weight excluding hydrogens is 376 g/mol. The lowest BCUT2D eigenvalue weighted by molar-refractivity contribution is -0.138. The van der Waals surface area contributed by atoms with Crippen molar-refractivity contribution in [3.05, 3.63) is 59.6 Å². The number of benzene rings is 1. The number of aliphatic carboxylic acids is 1. The van der Waals surface area contributed by atoms with Crippen LogP contribution in [0.3, 0.4) is 0 Å². The fourth-order valence-electron chi connectivity index (χ4n) is 2.29. The molecule has 3 amide bonds. The maximum atomic E-state index is 13.4. The summed E-state index contributed by atoms with van der Waals surface area (Å²) in [5, 5.41) is 13.7. The highest BCUT2D eigenvalue weighted by Crippen LogP contribution is 2.11. The van der Waals surface area contributed by atoms with Gasteiger partial charge in [0.05, 0.1) is 25.8 Å². The van der Waals surface area contributed by atoms with Crippen LogP contribution in [-0.2, 0) is 22.7 Å². The minimum Gasteiger partial charge on any atom is -0.481 e. The third-order valence-electron chi connectivity index (χ3n) is 3.71. The maximum absolute atomic E-state index is 13.4. The van der Waals surface area contributed by atoms with Gasteiger partial charge in [0, 0.05) is 13.1 Å². The van der Waals surface area contributed by atoms with Crippen LogP contribution in [0.25, 0.3) is 0 Å². The molecular formula is C18H19F2N3O5. The van der Waals surface area contributed by atoms with Crippen LogP contribution in [-0.4, -0.2) is 41.0 Å². The van der Waals surface area contributed by atoms with E-state index in [0.29, 0.717) is 11.3 Å². The summed E-state index contributed by atoms with van der Waals surface area (Å²) in [6.07, 6.45) is 1.12. The van der Waals surface area contributed by atoms with E-state index in [4.69, 9.17) is 9.52 Å². The van der Waals surface area contributed by atoms with Crippen LogP contribution in [0.1, 0.15) is 17.7 Å². The van der Waals surface area contributed by atoms with Crippen LogP contribution in [0.15, 0.2) is 41.0 Å². The van der Waals surface area contributed by atoms with Crippen LogP contribution < -0.4 is 10.6 Å². The highest BCUT2D eigenvalue weighted by molar-refractivity contribution is 5.84. The molecule has 0 saturated carbocycles. The minimum atomic E-state index is -1.12. The van der Waals surface area contributed by atoms with Gasteiger partial charge in [-0.2, -0.15) is 0 Å². The van der Waals surface area contributed by atoms with Crippen LogP contribution >= 0.6 is 0 Å². The van der Waals surface area contributed by atoms with E-state index in [1.54, 1.807) is 12.1 Å². The average molecular weight is 395 g/mol. The van der Waals surface area contributed by atoms with E-state index < -0.39 is 36.1 Å². The van der Waals surface area contributed by atoms with Gasteiger partial charge in [-0.05, 0) is 29.8 Å². The van der Waals surface area contributed by atoms with Crippen molar-refractivity contribution >= 4 is 17.9 Å². The van der Waals surface area contributed by atoms with Crippen molar-refractivity contribution in [1.29, 1.82) is 0 Å². The van der Waals surface area contributed by atoms with Gasteiger partial charge in [0.1, 0.15) is 5.76 Å². The summed E-state index contributed by atoms with van der Waals surface area (Å²) >= 11 is 0. The third-order valence-corrected chi connectivity index (χ3v) is 3.71. The number of halogens is 2. The second kappa shape index (κ2) is 10.0. The van der Waals surface area contributed by atoms with Crippen molar-refractivity contribution in [2.24, 2.45) is 0 Å². The fourth-order valence-corrected chi connectivity index (χ4v) is 2.29. The second-order valence-corrected chi connectivity index (χ2v) is 5.82. The Labute approximate surface area is 159 Å². The first-order valence-electron chi connectivity index (χ1n) is 8.32. The number of furan rings is 1. The van der Waals surface area contributed by atoms with Crippen LogP contribution in [0, 0.1) is 11.6 Å². The van der Waals surface area contributed by atoms with E-state index >= 15 is 0 Å².